The molecule has 0 heterocycles. The molecule has 0 unspecified atom stereocenters. The number of anilines is 1. The number of hydrogen-bond donors (Lipinski definition) is 1. The van der Waals surface area contributed by atoms with Gasteiger partial charge in [0.15, 0.2) is 0 Å². The molecule has 0 bridgehead atoms. The summed E-state index contributed by atoms with van der Waals surface area (Å²) in [6, 6.07) is 10.6. The molecule has 0 saturated heterocycles. The Morgan fingerprint density at radius 2 is 2.00 bits per heavy atom. The first-order chi connectivity index (χ1) is 9.51. The van der Waals surface area contributed by atoms with Crippen molar-refractivity contribution in [1.82, 2.24) is 0 Å². The predicted molar refractivity (Wildman–Crippen MR) is 84.8 cm³/mol. The summed E-state index contributed by atoms with van der Waals surface area (Å²) in [5.41, 5.74) is 2.15. The van der Waals surface area contributed by atoms with Gasteiger partial charge in [-0.3, -0.25) is 4.79 Å². The van der Waals surface area contributed by atoms with E-state index >= 15 is 0 Å². The summed E-state index contributed by atoms with van der Waals surface area (Å²) >= 11 is 9.42. The maximum atomic E-state index is 12.2. The topological polar surface area (TPSA) is 38.3 Å². The summed E-state index contributed by atoms with van der Waals surface area (Å²) in [4.78, 5) is 12.2. The molecule has 0 radical (unpaired) electrons. The Bertz CT molecular complexity index is 658. The molecule has 0 spiro atoms. The normalized spacial score (nSPS) is 10.2. The highest BCUT2D eigenvalue weighted by Crippen LogP contribution is 2.27. The van der Waals surface area contributed by atoms with E-state index in [-0.39, 0.29) is 5.91 Å². The van der Waals surface area contributed by atoms with E-state index < -0.39 is 0 Å². The largest absolute Gasteiger partial charge is 0.496 e. The lowest BCUT2D eigenvalue weighted by atomic mass is 10.2. The third-order valence-electron chi connectivity index (χ3n) is 2.78. The van der Waals surface area contributed by atoms with Gasteiger partial charge in [-0.1, -0.05) is 17.7 Å². The van der Waals surface area contributed by atoms with Crippen molar-refractivity contribution in [3.63, 3.8) is 0 Å². The number of hydrogen-bond acceptors (Lipinski definition) is 2. The van der Waals surface area contributed by atoms with Crippen LogP contribution in [0.2, 0.25) is 5.02 Å². The van der Waals surface area contributed by atoms with E-state index in [0.29, 0.717) is 22.0 Å². The van der Waals surface area contributed by atoms with E-state index in [4.69, 9.17) is 16.3 Å². The molecule has 1 amide bonds. The SMILES string of the molecule is COc1ccc(C(=O)Nc2cc(C)ccc2Cl)cc1Br. The van der Waals surface area contributed by atoms with Crippen LogP contribution < -0.4 is 10.1 Å². The Balaban J connectivity index is 2.24. The molecule has 3 nitrogen and oxygen atoms in total. The van der Waals surface area contributed by atoms with Crippen LogP contribution in [0.4, 0.5) is 5.69 Å². The van der Waals surface area contributed by atoms with E-state index in [1.807, 2.05) is 19.1 Å². The fourth-order valence-corrected chi connectivity index (χ4v) is 2.44. The lowest BCUT2D eigenvalue weighted by Crippen LogP contribution is -2.12. The Morgan fingerprint density at radius 3 is 2.65 bits per heavy atom. The van der Waals surface area contributed by atoms with Gasteiger partial charge in [0.25, 0.3) is 5.91 Å². The Labute approximate surface area is 131 Å². The molecule has 0 atom stereocenters. The molecule has 1 N–H and O–H groups in total. The molecule has 0 aliphatic carbocycles. The van der Waals surface area contributed by atoms with Crippen molar-refractivity contribution in [2.75, 3.05) is 12.4 Å². The molecule has 0 aliphatic heterocycles. The van der Waals surface area contributed by atoms with Crippen molar-refractivity contribution in [2.24, 2.45) is 0 Å². The molecule has 0 fully saturated rings. The van der Waals surface area contributed by atoms with Gasteiger partial charge in [-0.15, -0.1) is 0 Å². The number of amides is 1. The molecule has 5 heteroatoms. The third-order valence-corrected chi connectivity index (χ3v) is 3.73. The number of aryl methyl sites for hydroxylation is 1. The van der Waals surface area contributed by atoms with Crippen LogP contribution in [0.5, 0.6) is 5.75 Å². The van der Waals surface area contributed by atoms with Crippen LogP contribution in [-0.4, -0.2) is 13.0 Å². The number of methoxy groups -OCH3 is 1. The zero-order chi connectivity index (χ0) is 14.7. The minimum atomic E-state index is -0.221. The molecule has 0 saturated carbocycles. The summed E-state index contributed by atoms with van der Waals surface area (Å²) in [6.45, 7) is 1.94. The molecule has 0 aromatic heterocycles. The molecule has 20 heavy (non-hydrogen) atoms. The van der Waals surface area contributed by atoms with Gasteiger partial charge in [-0.2, -0.15) is 0 Å². The highest BCUT2D eigenvalue weighted by molar-refractivity contribution is 9.10. The van der Waals surface area contributed by atoms with Gasteiger partial charge in [0.2, 0.25) is 0 Å². The summed E-state index contributed by atoms with van der Waals surface area (Å²) in [7, 11) is 1.58. The third kappa shape index (κ3) is 3.32. The fraction of sp³-hybridized carbons (Fsp3) is 0.133. The highest BCUT2D eigenvalue weighted by atomic mass is 79.9. The van der Waals surface area contributed by atoms with Gasteiger partial charge in [-0.05, 0) is 58.7 Å². The number of ether oxygens (including phenoxy) is 1. The zero-order valence-electron chi connectivity index (χ0n) is 11.0. The second-order valence-corrected chi connectivity index (χ2v) is 5.55. The molecule has 2 aromatic carbocycles. The van der Waals surface area contributed by atoms with Crippen molar-refractivity contribution < 1.29 is 9.53 Å². The average molecular weight is 355 g/mol. The molecule has 2 rings (SSSR count). The van der Waals surface area contributed by atoms with Crippen LogP contribution in [-0.2, 0) is 0 Å². The van der Waals surface area contributed by atoms with Crippen molar-refractivity contribution in [2.45, 2.75) is 6.92 Å². The Hall–Kier alpha value is -1.52. The fourth-order valence-electron chi connectivity index (χ4n) is 1.74. The quantitative estimate of drug-likeness (QED) is 0.869. The zero-order valence-corrected chi connectivity index (χ0v) is 13.4. The summed E-state index contributed by atoms with van der Waals surface area (Å²) in [5, 5.41) is 3.31. The number of nitrogens with one attached hydrogen (secondary N) is 1. The molecule has 2 aromatic rings. The minimum Gasteiger partial charge on any atom is -0.496 e. The van der Waals surface area contributed by atoms with Crippen LogP contribution in [0, 0.1) is 6.92 Å². The van der Waals surface area contributed by atoms with Crippen molar-refractivity contribution in [3.05, 3.63) is 57.0 Å². The lowest BCUT2D eigenvalue weighted by Gasteiger charge is -2.09. The first-order valence-corrected chi connectivity index (χ1v) is 7.09. The maximum absolute atomic E-state index is 12.2. The molecular weight excluding hydrogens is 342 g/mol. The van der Waals surface area contributed by atoms with Crippen molar-refractivity contribution in [3.8, 4) is 5.75 Å². The minimum absolute atomic E-state index is 0.221. The number of halogens is 2. The lowest BCUT2D eigenvalue weighted by molar-refractivity contribution is 0.102. The van der Waals surface area contributed by atoms with E-state index in [9.17, 15) is 4.79 Å². The number of benzene rings is 2. The van der Waals surface area contributed by atoms with Gasteiger partial charge >= 0.3 is 0 Å². The van der Waals surface area contributed by atoms with Gasteiger partial charge in [-0.25, -0.2) is 0 Å². The van der Waals surface area contributed by atoms with Crippen LogP contribution in [0.25, 0.3) is 0 Å². The number of rotatable bonds is 3. The highest BCUT2D eigenvalue weighted by Gasteiger charge is 2.11. The molecule has 104 valence electrons. The van der Waals surface area contributed by atoms with Crippen molar-refractivity contribution >= 4 is 39.1 Å². The molecular formula is C15H13BrClNO2. The number of carbonyl (C=O) groups excluding carboxylic acids is 1. The summed E-state index contributed by atoms with van der Waals surface area (Å²) in [6.07, 6.45) is 0. The second-order valence-electron chi connectivity index (χ2n) is 4.29. The standard InChI is InChI=1S/C15H13BrClNO2/c1-9-3-5-12(17)13(7-9)18-15(19)10-4-6-14(20-2)11(16)8-10/h3-8H,1-2H3,(H,18,19). The van der Waals surface area contributed by atoms with Crippen LogP contribution >= 0.6 is 27.5 Å². The first kappa shape index (κ1) is 14.9. The van der Waals surface area contributed by atoms with E-state index in [1.165, 1.54) is 0 Å². The second kappa shape index (κ2) is 6.29. The predicted octanol–water partition coefficient (Wildman–Crippen LogP) is 4.67. The van der Waals surface area contributed by atoms with E-state index in [2.05, 4.69) is 21.2 Å². The summed E-state index contributed by atoms with van der Waals surface area (Å²) in [5.74, 6) is 0.455. The van der Waals surface area contributed by atoms with Gasteiger partial charge in [0, 0.05) is 5.56 Å². The van der Waals surface area contributed by atoms with E-state index in [0.717, 1.165) is 10.0 Å². The average Bonchev–Trinajstić information content (AvgIpc) is 2.42. The van der Waals surface area contributed by atoms with Crippen LogP contribution in [0.1, 0.15) is 15.9 Å². The maximum Gasteiger partial charge on any atom is 0.255 e. The van der Waals surface area contributed by atoms with Gasteiger partial charge < -0.3 is 10.1 Å². The van der Waals surface area contributed by atoms with Gasteiger partial charge in [0.1, 0.15) is 5.75 Å². The Kier molecular flexibility index (Phi) is 4.68. The first-order valence-electron chi connectivity index (χ1n) is 5.92. The molecule has 0 aliphatic rings. The van der Waals surface area contributed by atoms with Crippen LogP contribution in [0.15, 0.2) is 40.9 Å². The number of carbonyl (C=O) groups is 1. The van der Waals surface area contributed by atoms with Gasteiger partial charge in [0.05, 0.1) is 22.3 Å². The monoisotopic (exact) mass is 353 g/mol. The van der Waals surface area contributed by atoms with E-state index in [1.54, 1.807) is 31.4 Å². The van der Waals surface area contributed by atoms with Crippen LogP contribution in [0.3, 0.4) is 0 Å². The smallest absolute Gasteiger partial charge is 0.255 e. The Morgan fingerprint density at radius 1 is 1.25 bits per heavy atom. The summed E-state index contributed by atoms with van der Waals surface area (Å²) < 4.78 is 5.86. The van der Waals surface area contributed by atoms with Crippen molar-refractivity contribution in [1.29, 1.82) is 0 Å².